The zero-order valence-electron chi connectivity index (χ0n) is 11.1. The largest absolute Gasteiger partial charge is 0.478 e. The van der Waals surface area contributed by atoms with Crippen molar-refractivity contribution in [2.75, 3.05) is 39.3 Å². The molecule has 2 rings (SSSR count). The van der Waals surface area contributed by atoms with Crippen molar-refractivity contribution >= 4 is 11.9 Å². The summed E-state index contributed by atoms with van der Waals surface area (Å²) < 4.78 is 0. The lowest BCUT2D eigenvalue weighted by Crippen LogP contribution is -2.46. The van der Waals surface area contributed by atoms with E-state index in [1.807, 2.05) is 0 Å². The van der Waals surface area contributed by atoms with Crippen molar-refractivity contribution in [2.45, 2.75) is 0 Å². The number of carbonyl (C=O) groups excluding carboxylic acids is 1. The van der Waals surface area contributed by atoms with E-state index in [9.17, 15) is 9.59 Å². The minimum absolute atomic E-state index is 0.0716. The van der Waals surface area contributed by atoms with E-state index < -0.39 is 5.97 Å². The van der Waals surface area contributed by atoms with Crippen LogP contribution in [0.3, 0.4) is 0 Å². The zero-order valence-corrected chi connectivity index (χ0v) is 11.1. The number of nitrogens with zero attached hydrogens (tertiary/aromatic N) is 2. The third-order valence-corrected chi connectivity index (χ3v) is 3.17. The van der Waals surface area contributed by atoms with E-state index in [2.05, 4.69) is 20.5 Å². The number of pyridine rings is 1. The quantitative estimate of drug-likeness (QED) is 0.667. The van der Waals surface area contributed by atoms with E-state index in [-0.39, 0.29) is 17.2 Å². The Morgan fingerprint density at radius 1 is 1.35 bits per heavy atom. The molecule has 1 amide bonds. The summed E-state index contributed by atoms with van der Waals surface area (Å²) >= 11 is 0. The zero-order chi connectivity index (χ0) is 14.4. The normalized spacial score (nSPS) is 15.8. The molecule has 108 valence electrons. The van der Waals surface area contributed by atoms with Crippen LogP contribution in [0.5, 0.6) is 0 Å². The van der Waals surface area contributed by atoms with Crippen LogP contribution in [0.25, 0.3) is 0 Å². The molecule has 0 saturated carbocycles. The summed E-state index contributed by atoms with van der Waals surface area (Å²) in [5.41, 5.74) is 0.303. The molecule has 0 bridgehead atoms. The Balaban J connectivity index is 1.77. The highest BCUT2D eigenvalue weighted by Gasteiger charge is 2.11. The number of carboxylic acids is 1. The summed E-state index contributed by atoms with van der Waals surface area (Å²) in [6, 6.07) is 2.80. The molecule has 1 aliphatic rings. The summed E-state index contributed by atoms with van der Waals surface area (Å²) in [4.78, 5) is 28.6. The fraction of sp³-hybridized carbons (Fsp3) is 0.462. The summed E-state index contributed by atoms with van der Waals surface area (Å²) in [6.07, 6.45) is 1.19. The first-order valence-electron chi connectivity index (χ1n) is 6.57. The van der Waals surface area contributed by atoms with Crippen molar-refractivity contribution in [3.05, 3.63) is 29.6 Å². The number of carboxylic acid groups (broad SMARTS) is 1. The Bertz CT molecular complexity index is 469. The van der Waals surface area contributed by atoms with E-state index in [0.717, 1.165) is 32.7 Å². The van der Waals surface area contributed by atoms with Crippen LogP contribution in [0.15, 0.2) is 18.3 Å². The number of hydrogen-bond acceptors (Lipinski definition) is 5. The second-order valence-corrected chi connectivity index (χ2v) is 4.58. The molecule has 0 aromatic carbocycles. The van der Waals surface area contributed by atoms with Crippen molar-refractivity contribution in [1.82, 2.24) is 20.5 Å². The number of carbonyl (C=O) groups is 2. The number of nitrogens with one attached hydrogen (secondary N) is 2. The predicted octanol–water partition coefficient (Wildman–Crippen LogP) is -0.585. The highest BCUT2D eigenvalue weighted by atomic mass is 16.4. The van der Waals surface area contributed by atoms with Gasteiger partial charge in [0.2, 0.25) is 0 Å². The van der Waals surface area contributed by atoms with E-state index in [0.29, 0.717) is 6.54 Å². The Hall–Kier alpha value is -1.99. The molecule has 0 unspecified atom stereocenters. The van der Waals surface area contributed by atoms with Crippen molar-refractivity contribution in [3.63, 3.8) is 0 Å². The molecule has 7 heteroatoms. The molecule has 1 aliphatic heterocycles. The van der Waals surface area contributed by atoms with Crippen molar-refractivity contribution in [3.8, 4) is 0 Å². The van der Waals surface area contributed by atoms with Crippen LogP contribution in [-0.4, -0.2) is 66.1 Å². The number of aromatic carboxylic acids is 1. The lowest BCUT2D eigenvalue weighted by molar-refractivity contribution is 0.0695. The molecule has 7 nitrogen and oxygen atoms in total. The molecule has 2 heterocycles. The van der Waals surface area contributed by atoms with Gasteiger partial charge >= 0.3 is 5.97 Å². The SMILES string of the molecule is O=C(O)c1ccc(C(=O)NCCN2CCNCC2)nc1. The van der Waals surface area contributed by atoms with Gasteiger partial charge in [-0.1, -0.05) is 0 Å². The van der Waals surface area contributed by atoms with Gasteiger partial charge in [0, 0.05) is 45.5 Å². The average Bonchev–Trinajstić information content (AvgIpc) is 2.48. The summed E-state index contributed by atoms with van der Waals surface area (Å²) in [6.45, 7) is 5.29. The molecular formula is C13H18N4O3. The first kappa shape index (κ1) is 14.4. The molecule has 1 aromatic rings. The smallest absolute Gasteiger partial charge is 0.337 e. The highest BCUT2D eigenvalue weighted by molar-refractivity contribution is 5.93. The molecular weight excluding hydrogens is 260 g/mol. The van der Waals surface area contributed by atoms with Gasteiger partial charge in [0.05, 0.1) is 5.56 Å². The number of hydrogen-bond donors (Lipinski definition) is 3. The predicted molar refractivity (Wildman–Crippen MR) is 72.8 cm³/mol. The molecule has 0 aliphatic carbocycles. The van der Waals surface area contributed by atoms with Crippen molar-refractivity contribution < 1.29 is 14.7 Å². The van der Waals surface area contributed by atoms with Crippen molar-refractivity contribution in [1.29, 1.82) is 0 Å². The summed E-state index contributed by atoms with van der Waals surface area (Å²) in [5.74, 6) is -1.33. The van der Waals surface area contributed by atoms with Gasteiger partial charge in [-0.2, -0.15) is 0 Å². The van der Waals surface area contributed by atoms with Crippen LogP contribution in [0.4, 0.5) is 0 Å². The molecule has 1 saturated heterocycles. The van der Waals surface area contributed by atoms with Gasteiger partial charge < -0.3 is 15.7 Å². The summed E-state index contributed by atoms with van der Waals surface area (Å²) in [5, 5.41) is 14.8. The molecule has 1 aromatic heterocycles. The average molecular weight is 278 g/mol. The van der Waals surface area contributed by atoms with Crippen LogP contribution >= 0.6 is 0 Å². The Kier molecular flexibility index (Phi) is 5.03. The minimum Gasteiger partial charge on any atom is -0.478 e. The maximum Gasteiger partial charge on any atom is 0.337 e. The second-order valence-electron chi connectivity index (χ2n) is 4.58. The maximum absolute atomic E-state index is 11.8. The van der Waals surface area contributed by atoms with Crippen LogP contribution in [0, 0.1) is 0 Å². The topological polar surface area (TPSA) is 94.6 Å². The Morgan fingerprint density at radius 3 is 2.70 bits per heavy atom. The van der Waals surface area contributed by atoms with Gasteiger partial charge in [0.1, 0.15) is 5.69 Å². The molecule has 0 atom stereocenters. The third-order valence-electron chi connectivity index (χ3n) is 3.17. The third kappa shape index (κ3) is 4.01. The van der Waals surface area contributed by atoms with Crippen molar-refractivity contribution in [2.24, 2.45) is 0 Å². The van der Waals surface area contributed by atoms with E-state index in [1.165, 1.54) is 18.3 Å². The lowest BCUT2D eigenvalue weighted by atomic mass is 10.2. The first-order valence-corrected chi connectivity index (χ1v) is 6.57. The maximum atomic E-state index is 11.8. The monoisotopic (exact) mass is 278 g/mol. The highest BCUT2D eigenvalue weighted by Crippen LogP contribution is 2.00. The molecule has 3 N–H and O–H groups in total. The number of aromatic nitrogens is 1. The minimum atomic E-state index is -1.05. The Morgan fingerprint density at radius 2 is 2.10 bits per heavy atom. The van der Waals surface area contributed by atoms with Crippen LogP contribution < -0.4 is 10.6 Å². The van der Waals surface area contributed by atoms with Gasteiger partial charge in [-0.25, -0.2) is 4.79 Å². The van der Waals surface area contributed by atoms with Gasteiger partial charge in [-0.15, -0.1) is 0 Å². The molecule has 20 heavy (non-hydrogen) atoms. The molecule has 0 spiro atoms. The lowest BCUT2D eigenvalue weighted by Gasteiger charge is -2.27. The fourth-order valence-electron chi connectivity index (χ4n) is 2.01. The number of rotatable bonds is 5. The summed E-state index contributed by atoms with van der Waals surface area (Å²) in [7, 11) is 0. The van der Waals surface area contributed by atoms with Crippen LogP contribution in [-0.2, 0) is 0 Å². The van der Waals surface area contributed by atoms with E-state index in [1.54, 1.807) is 0 Å². The first-order chi connectivity index (χ1) is 9.66. The van der Waals surface area contributed by atoms with Gasteiger partial charge in [-0.3, -0.25) is 14.7 Å². The molecule has 0 radical (unpaired) electrons. The fourth-order valence-corrected chi connectivity index (χ4v) is 2.01. The van der Waals surface area contributed by atoms with E-state index in [4.69, 9.17) is 5.11 Å². The van der Waals surface area contributed by atoms with E-state index >= 15 is 0 Å². The van der Waals surface area contributed by atoms with Crippen LogP contribution in [0.1, 0.15) is 20.8 Å². The van der Waals surface area contributed by atoms with Gasteiger partial charge in [0.25, 0.3) is 5.91 Å². The second kappa shape index (κ2) is 6.97. The standard InChI is InChI=1S/C13H18N4O3/c18-12(11-2-1-10(9-16-11)13(19)20)15-5-8-17-6-3-14-4-7-17/h1-2,9,14H,3-8H2,(H,15,18)(H,19,20). The Labute approximate surface area is 117 Å². The molecule has 1 fully saturated rings. The van der Waals surface area contributed by atoms with Gasteiger partial charge in [0.15, 0.2) is 0 Å². The van der Waals surface area contributed by atoms with Gasteiger partial charge in [-0.05, 0) is 12.1 Å². The van der Waals surface area contributed by atoms with Crippen LogP contribution in [0.2, 0.25) is 0 Å². The number of amides is 1. The number of piperazine rings is 1.